The van der Waals surface area contributed by atoms with Crippen LogP contribution in [0.3, 0.4) is 0 Å². The van der Waals surface area contributed by atoms with E-state index in [9.17, 15) is 4.79 Å². The topological polar surface area (TPSA) is 83.0 Å². The van der Waals surface area contributed by atoms with Gasteiger partial charge in [-0.05, 0) is 48.7 Å². The average Bonchev–Trinajstić information content (AvgIpc) is 2.95. The zero-order valence-corrected chi connectivity index (χ0v) is 15.9. The van der Waals surface area contributed by atoms with Crippen LogP contribution in [-0.2, 0) is 7.05 Å². The number of hydrogen-bond donors (Lipinski definition) is 1. The van der Waals surface area contributed by atoms with E-state index in [1.807, 2.05) is 63.4 Å². The molecule has 0 unspecified atom stereocenters. The van der Waals surface area contributed by atoms with Crippen molar-refractivity contribution in [1.82, 2.24) is 14.8 Å². The number of carbonyl (C=O) groups excluding carboxylic acids is 1. The van der Waals surface area contributed by atoms with Crippen molar-refractivity contribution in [1.29, 1.82) is 0 Å². The fraction of sp³-hybridized carbons (Fsp3) is 0.136. The van der Waals surface area contributed by atoms with Crippen LogP contribution in [0.1, 0.15) is 21.6 Å². The summed E-state index contributed by atoms with van der Waals surface area (Å²) in [7, 11) is 1.89. The molecule has 1 amide bonds. The van der Waals surface area contributed by atoms with E-state index in [0.717, 1.165) is 33.4 Å². The van der Waals surface area contributed by atoms with E-state index in [2.05, 4.69) is 10.1 Å². The fourth-order valence-electron chi connectivity index (χ4n) is 3.34. The van der Waals surface area contributed by atoms with Crippen molar-refractivity contribution in [3.8, 4) is 22.6 Å². The molecule has 0 radical (unpaired) electrons. The van der Waals surface area contributed by atoms with Crippen LogP contribution in [0.4, 0.5) is 0 Å². The first-order valence-electron chi connectivity index (χ1n) is 8.90. The molecule has 0 aliphatic rings. The molecule has 0 aliphatic heterocycles. The lowest BCUT2D eigenvalue weighted by atomic mass is 9.99. The van der Waals surface area contributed by atoms with E-state index in [1.165, 1.54) is 0 Å². The first-order chi connectivity index (χ1) is 13.4. The number of nitrogens with two attached hydrogens (primary N) is 1. The van der Waals surface area contributed by atoms with Gasteiger partial charge in [-0.2, -0.15) is 5.10 Å². The third kappa shape index (κ3) is 3.20. The Morgan fingerprint density at radius 1 is 1.04 bits per heavy atom. The highest BCUT2D eigenvalue weighted by molar-refractivity contribution is 5.95. The third-order valence-corrected chi connectivity index (χ3v) is 4.73. The van der Waals surface area contributed by atoms with Crippen LogP contribution in [0, 0.1) is 13.8 Å². The SMILES string of the molecule is Cc1cc(-c2cccc(Oc3cnc4c(C)nn(C)c4c3)c2)ccc1C(N)=O. The summed E-state index contributed by atoms with van der Waals surface area (Å²) >= 11 is 0. The summed E-state index contributed by atoms with van der Waals surface area (Å²) in [6, 6.07) is 15.3. The molecule has 6 nitrogen and oxygen atoms in total. The molecule has 2 heterocycles. The van der Waals surface area contributed by atoms with Gasteiger partial charge in [0.05, 0.1) is 17.4 Å². The molecule has 0 saturated heterocycles. The molecule has 2 N–H and O–H groups in total. The number of rotatable bonds is 4. The van der Waals surface area contributed by atoms with Crippen molar-refractivity contribution >= 4 is 16.9 Å². The van der Waals surface area contributed by atoms with E-state index >= 15 is 0 Å². The summed E-state index contributed by atoms with van der Waals surface area (Å²) in [5.41, 5.74) is 11.4. The minimum Gasteiger partial charge on any atom is -0.456 e. The van der Waals surface area contributed by atoms with Gasteiger partial charge in [0.15, 0.2) is 0 Å². The molecule has 140 valence electrons. The van der Waals surface area contributed by atoms with Gasteiger partial charge in [0.1, 0.15) is 17.0 Å². The molecule has 0 bridgehead atoms. The number of carbonyl (C=O) groups is 1. The maximum Gasteiger partial charge on any atom is 0.248 e. The Morgan fingerprint density at radius 3 is 2.57 bits per heavy atom. The molecule has 0 fully saturated rings. The zero-order valence-electron chi connectivity index (χ0n) is 15.9. The van der Waals surface area contributed by atoms with Gasteiger partial charge in [-0.3, -0.25) is 9.48 Å². The predicted octanol–water partition coefficient (Wildman–Crippen LogP) is 4.14. The molecular weight excluding hydrogens is 352 g/mol. The number of aryl methyl sites for hydroxylation is 3. The summed E-state index contributed by atoms with van der Waals surface area (Å²) in [5, 5.41) is 4.39. The fourth-order valence-corrected chi connectivity index (χ4v) is 3.34. The highest BCUT2D eigenvalue weighted by Crippen LogP contribution is 2.29. The van der Waals surface area contributed by atoms with Crippen molar-refractivity contribution in [3.63, 3.8) is 0 Å². The molecule has 2 aromatic carbocycles. The van der Waals surface area contributed by atoms with Crippen LogP contribution < -0.4 is 10.5 Å². The lowest BCUT2D eigenvalue weighted by molar-refractivity contribution is 0.0999. The van der Waals surface area contributed by atoms with E-state index < -0.39 is 5.91 Å². The number of nitrogens with zero attached hydrogens (tertiary/aromatic N) is 3. The number of ether oxygens (including phenoxy) is 1. The Hall–Kier alpha value is -3.67. The van der Waals surface area contributed by atoms with E-state index in [0.29, 0.717) is 17.1 Å². The number of amides is 1. The normalized spacial score (nSPS) is 11.0. The summed E-state index contributed by atoms with van der Waals surface area (Å²) < 4.78 is 7.82. The van der Waals surface area contributed by atoms with Crippen molar-refractivity contribution in [2.45, 2.75) is 13.8 Å². The van der Waals surface area contributed by atoms with Crippen molar-refractivity contribution in [2.24, 2.45) is 12.8 Å². The van der Waals surface area contributed by atoms with Crippen LogP contribution in [-0.4, -0.2) is 20.7 Å². The highest BCUT2D eigenvalue weighted by atomic mass is 16.5. The average molecular weight is 372 g/mol. The monoisotopic (exact) mass is 372 g/mol. The Kier molecular flexibility index (Phi) is 4.31. The van der Waals surface area contributed by atoms with E-state index in [1.54, 1.807) is 16.9 Å². The number of hydrogen-bond acceptors (Lipinski definition) is 4. The Labute approximate surface area is 162 Å². The Morgan fingerprint density at radius 2 is 1.82 bits per heavy atom. The van der Waals surface area contributed by atoms with Gasteiger partial charge in [0, 0.05) is 18.7 Å². The standard InChI is InChI=1S/C22H20N4O2/c1-13-9-16(7-8-19(13)22(23)27)15-5-4-6-17(10-15)28-18-11-20-21(24-12-18)14(2)25-26(20)3/h4-12H,1-3H3,(H2,23,27). The van der Waals surface area contributed by atoms with Gasteiger partial charge < -0.3 is 10.5 Å². The van der Waals surface area contributed by atoms with Crippen molar-refractivity contribution in [3.05, 3.63) is 71.5 Å². The van der Waals surface area contributed by atoms with Crippen molar-refractivity contribution < 1.29 is 9.53 Å². The minimum atomic E-state index is -0.422. The molecule has 4 rings (SSSR count). The van der Waals surface area contributed by atoms with Crippen LogP contribution in [0.25, 0.3) is 22.2 Å². The van der Waals surface area contributed by atoms with Crippen LogP contribution in [0.15, 0.2) is 54.7 Å². The Bertz CT molecular complexity index is 1210. The van der Waals surface area contributed by atoms with Gasteiger partial charge in [-0.15, -0.1) is 0 Å². The van der Waals surface area contributed by atoms with E-state index in [4.69, 9.17) is 10.5 Å². The first-order valence-corrected chi connectivity index (χ1v) is 8.90. The molecule has 28 heavy (non-hydrogen) atoms. The van der Waals surface area contributed by atoms with Gasteiger partial charge in [0.2, 0.25) is 5.91 Å². The Balaban J connectivity index is 1.65. The second kappa shape index (κ2) is 6.81. The quantitative estimate of drug-likeness (QED) is 0.583. The maximum atomic E-state index is 11.4. The lowest BCUT2D eigenvalue weighted by Crippen LogP contribution is -2.12. The summed E-state index contributed by atoms with van der Waals surface area (Å²) in [6.07, 6.45) is 1.70. The van der Waals surface area contributed by atoms with E-state index in [-0.39, 0.29) is 0 Å². The van der Waals surface area contributed by atoms with Gasteiger partial charge in [-0.25, -0.2) is 4.98 Å². The molecule has 2 aromatic heterocycles. The number of aromatic nitrogens is 3. The smallest absolute Gasteiger partial charge is 0.248 e. The van der Waals surface area contributed by atoms with Crippen LogP contribution >= 0.6 is 0 Å². The predicted molar refractivity (Wildman–Crippen MR) is 108 cm³/mol. The second-order valence-electron chi connectivity index (χ2n) is 6.77. The number of pyridine rings is 1. The van der Waals surface area contributed by atoms with Crippen LogP contribution in [0.2, 0.25) is 0 Å². The first kappa shape index (κ1) is 17.7. The number of benzene rings is 2. The molecule has 0 saturated carbocycles. The van der Waals surface area contributed by atoms with Gasteiger partial charge in [-0.1, -0.05) is 24.3 Å². The van der Waals surface area contributed by atoms with Crippen LogP contribution in [0.5, 0.6) is 11.5 Å². The molecule has 4 aromatic rings. The molecule has 6 heteroatoms. The summed E-state index contributed by atoms with van der Waals surface area (Å²) in [5.74, 6) is 0.927. The molecule has 0 spiro atoms. The maximum absolute atomic E-state index is 11.4. The largest absolute Gasteiger partial charge is 0.456 e. The van der Waals surface area contributed by atoms with Gasteiger partial charge >= 0.3 is 0 Å². The molecular formula is C22H20N4O2. The molecule has 0 aliphatic carbocycles. The minimum absolute atomic E-state index is 0.422. The van der Waals surface area contributed by atoms with Crippen molar-refractivity contribution in [2.75, 3.05) is 0 Å². The summed E-state index contributed by atoms with van der Waals surface area (Å²) in [6.45, 7) is 3.81. The summed E-state index contributed by atoms with van der Waals surface area (Å²) in [4.78, 5) is 15.9. The zero-order chi connectivity index (χ0) is 19.8. The lowest BCUT2D eigenvalue weighted by Gasteiger charge is -2.10. The highest BCUT2D eigenvalue weighted by Gasteiger charge is 2.10. The molecule has 0 atom stereocenters. The van der Waals surface area contributed by atoms with Gasteiger partial charge in [0.25, 0.3) is 0 Å². The number of primary amides is 1. The number of fused-ring (bicyclic) bond motifs is 1. The second-order valence-corrected chi connectivity index (χ2v) is 6.77. The third-order valence-electron chi connectivity index (χ3n) is 4.73.